The molecule has 0 aliphatic carbocycles. The number of oxazole rings is 1. The van der Waals surface area contributed by atoms with E-state index in [1.807, 2.05) is 6.07 Å². The third kappa shape index (κ3) is 3.64. The van der Waals surface area contributed by atoms with E-state index < -0.39 is 29.6 Å². The number of carbonyl (C=O) groups is 1. The zero-order valence-electron chi connectivity index (χ0n) is 12.7. The summed E-state index contributed by atoms with van der Waals surface area (Å²) in [6.45, 7) is 4.98. The number of aryl methyl sites for hydroxylation is 2. The molecule has 0 amide bonds. The molecule has 23 heavy (non-hydrogen) atoms. The van der Waals surface area contributed by atoms with Crippen LogP contribution in [0.5, 0.6) is 0 Å². The van der Waals surface area contributed by atoms with Crippen LogP contribution in [0.4, 0.5) is 24.9 Å². The number of alkyl halides is 3. The molecule has 0 radical (unpaired) electrons. The van der Waals surface area contributed by atoms with E-state index >= 15 is 0 Å². The topological polar surface area (TPSA) is 64.4 Å². The fourth-order valence-corrected chi connectivity index (χ4v) is 2.02. The highest BCUT2D eigenvalue weighted by Crippen LogP contribution is 2.34. The number of nitrogens with zero attached hydrogens (tertiary/aromatic N) is 1. The molecule has 0 bridgehead atoms. The lowest BCUT2D eigenvalue weighted by molar-refractivity contribution is -0.141. The van der Waals surface area contributed by atoms with Gasteiger partial charge < -0.3 is 14.5 Å². The van der Waals surface area contributed by atoms with Crippen LogP contribution in [0.3, 0.4) is 0 Å². The van der Waals surface area contributed by atoms with Crippen molar-refractivity contribution in [3.8, 4) is 0 Å². The molecule has 8 heteroatoms. The van der Waals surface area contributed by atoms with Crippen molar-refractivity contribution in [2.45, 2.75) is 26.9 Å². The zero-order valence-corrected chi connectivity index (χ0v) is 12.7. The number of carbonyl (C=O) groups excluding carboxylic acids is 1. The van der Waals surface area contributed by atoms with E-state index in [2.05, 4.69) is 15.0 Å². The fraction of sp³-hybridized carbons (Fsp3) is 0.333. The molecular formula is C15H15F3N2O3. The molecule has 0 atom stereocenters. The van der Waals surface area contributed by atoms with Gasteiger partial charge >= 0.3 is 18.2 Å². The van der Waals surface area contributed by atoms with Crippen molar-refractivity contribution < 1.29 is 27.1 Å². The van der Waals surface area contributed by atoms with Crippen molar-refractivity contribution in [3.05, 3.63) is 40.8 Å². The lowest BCUT2D eigenvalue weighted by Gasteiger charge is -2.09. The average Bonchev–Trinajstić information content (AvgIpc) is 2.87. The summed E-state index contributed by atoms with van der Waals surface area (Å²) in [4.78, 5) is 15.0. The van der Waals surface area contributed by atoms with E-state index in [1.54, 1.807) is 26.0 Å². The molecule has 0 aliphatic heterocycles. The van der Waals surface area contributed by atoms with Crippen LogP contribution < -0.4 is 5.32 Å². The number of hydrogen-bond acceptors (Lipinski definition) is 5. The van der Waals surface area contributed by atoms with Gasteiger partial charge in [0, 0.05) is 5.69 Å². The van der Waals surface area contributed by atoms with Gasteiger partial charge in [-0.2, -0.15) is 18.2 Å². The maximum absolute atomic E-state index is 13.0. The van der Waals surface area contributed by atoms with Crippen molar-refractivity contribution in [2.24, 2.45) is 0 Å². The molecule has 1 aromatic carbocycles. The number of rotatable bonds is 4. The van der Waals surface area contributed by atoms with Gasteiger partial charge in [0.15, 0.2) is 5.69 Å². The second kappa shape index (κ2) is 6.31. The first kappa shape index (κ1) is 16.9. The molecule has 5 nitrogen and oxygen atoms in total. The van der Waals surface area contributed by atoms with Crippen LogP contribution >= 0.6 is 0 Å². The summed E-state index contributed by atoms with van der Waals surface area (Å²) in [5, 5.41) is 2.68. The number of esters is 1. The first-order valence-corrected chi connectivity index (χ1v) is 6.82. The van der Waals surface area contributed by atoms with Crippen molar-refractivity contribution in [2.75, 3.05) is 11.9 Å². The van der Waals surface area contributed by atoms with E-state index in [9.17, 15) is 18.0 Å². The lowest BCUT2D eigenvalue weighted by atomic mass is 10.1. The largest absolute Gasteiger partial charge is 0.460 e. The third-order valence-corrected chi connectivity index (χ3v) is 3.07. The van der Waals surface area contributed by atoms with Gasteiger partial charge in [-0.1, -0.05) is 18.2 Å². The Morgan fingerprint density at radius 3 is 2.43 bits per heavy atom. The Morgan fingerprint density at radius 2 is 1.91 bits per heavy atom. The smallest absolute Gasteiger partial charge is 0.437 e. The van der Waals surface area contributed by atoms with Crippen LogP contribution in [-0.2, 0) is 10.9 Å². The number of benzene rings is 1. The molecule has 1 heterocycles. The van der Waals surface area contributed by atoms with Gasteiger partial charge in [-0.15, -0.1) is 0 Å². The Labute approximate surface area is 130 Å². The molecule has 0 unspecified atom stereocenters. The molecule has 0 saturated carbocycles. The Bertz CT molecular complexity index is 703. The molecule has 1 N–H and O–H groups in total. The number of anilines is 2. The molecular weight excluding hydrogens is 313 g/mol. The number of halogens is 3. The number of aromatic nitrogens is 1. The van der Waals surface area contributed by atoms with Gasteiger partial charge in [0.05, 0.1) is 6.61 Å². The summed E-state index contributed by atoms with van der Waals surface area (Å²) in [6, 6.07) is 4.97. The minimum Gasteiger partial charge on any atom is -0.460 e. The van der Waals surface area contributed by atoms with Crippen LogP contribution in [0.15, 0.2) is 22.6 Å². The Morgan fingerprint density at radius 1 is 1.30 bits per heavy atom. The summed E-state index contributed by atoms with van der Waals surface area (Å²) in [5.74, 6) is -2.17. The van der Waals surface area contributed by atoms with Crippen molar-refractivity contribution >= 4 is 17.7 Å². The predicted molar refractivity (Wildman–Crippen MR) is 76.7 cm³/mol. The molecule has 0 fully saturated rings. The zero-order chi connectivity index (χ0) is 17.2. The highest BCUT2D eigenvalue weighted by Gasteiger charge is 2.42. The fourth-order valence-electron chi connectivity index (χ4n) is 2.02. The SMILES string of the molecule is CCOC(=O)c1oc(Nc2c(C)cccc2C)nc1C(F)(F)F. The van der Waals surface area contributed by atoms with Gasteiger partial charge in [0.25, 0.3) is 0 Å². The predicted octanol–water partition coefficient (Wildman–Crippen LogP) is 4.23. The Balaban J connectivity index is 2.43. The number of hydrogen-bond donors (Lipinski definition) is 1. The number of para-hydroxylation sites is 1. The van der Waals surface area contributed by atoms with Crippen molar-refractivity contribution in [1.82, 2.24) is 4.98 Å². The van der Waals surface area contributed by atoms with E-state index in [4.69, 9.17) is 4.42 Å². The van der Waals surface area contributed by atoms with Crippen molar-refractivity contribution in [3.63, 3.8) is 0 Å². The second-order valence-corrected chi connectivity index (χ2v) is 4.81. The minimum absolute atomic E-state index is 0.0729. The molecule has 2 aromatic rings. The molecule has 124 valence electrons. The standard InChI is InChI=1S/C15H15F3N2O3/c1-4-22-13(21)11-12(15(16,17)18)20-14(23-11)19-10-8(2)6-5-7-9(10)3/h5-7H,4H2,1-3H3,(H,19,20). The van der Waals surface area contributed by atoms with Gasteiger partial charge in [-0.25, -0.2) is 4.79 Å². The minimum atomic E-state index is -4.83. The summed E-state index contributed by atoms with van der Waals surface area (Å²) >= 11 is 0. The van der Waals surface area contributed by atoms with Crippen LogP contribution in [0.2, 0.25) is 0 Å². The monoisotopic (exact) mass is 328 g/mol. The summed E-state index contributed by atoms with van der Waals surface area (Å²) < 4.78 is 48.5. The highest BCUT2D eigenvalue weighted by molar-refractivity contribution is 5.88. The second-order valence-electron chi connectivity index (χ2n) is 4.81. The lowest BCUT2D eigenvalue weighted by Crippen LogP contribution is -2.14. The van der Waals surface area contributed by atoms with Crippen LogP contribution in [0.1, 0.15) is 34.3 Å². The maximum atomic E-state index is 13.0. The van der Waals surface area contributed by atoms with Crippen molar-refractivity contribution in [1.29, 1.82) is 0 Å². The number of nitrogens with one attached hydrogen (secondary N) is 1. The molecule has 1 aromatic heterocycles. The van der Waals surface area contributed by atoms with E-state index in [-0.39, 0.29) is 6.61 Å². The summed E-state index contributed by atoms with van der Waals surface area (Å²) in [7, 11) is 0. The highest BCUT2D eigenvalue weighted by atomic mass is 19.4. The Hall–Kier alpha value is -2.51. The van der Waals surface area contributed by atoms with Gasteiger partial charge in [0.2, 0.25) is 5.76 Å². The molecule has 0 saturated heterocycles. The van der Waals surface area contributed by atoms with E-state index in [0.717, 1.165) is 11.1 Å². The van der Waals surface area contributed by atoms with Gasteiger partial charge in [-0.3, -0.25) is 0 Å². The van der Waals surface area contributed by atoms with Gasteiger partial charge in [0.1, 0.15) is 0 Å². The van der Waals surface area contributed by atoms with E-state index in [1.165, 1.54) is 6.92 Å². The first-order valence-electron chi connectivity index (χ1n) is 6.82. The van der Waals surface area contributed by atoms with Crippen LogP contribution in [0, 0.1) is 13.8 Å². The average molecular weight is 328 g/mol. The molecule has 0 spiro atoms. The number of ether oxygens (including phenoxy) is 1. The summed E-state index contributed by atoms with van der Waals surface area (Å²) in [5.41, 5.74) is 0.756. The third-order valence-electron chi connectivity index (χ3n) is 3.07. The quantitative estimate of drug-likeness (QED) is 0.851. The Kier molecular flexibility index (Phi) is 4.63. The van der Waals surface area contributed by atoms with Crippen LogP contribution in [-0.4, -0.2) is 17.6 Å². The maximum Gasteiger partial charge on any atom is 0.437 e. The summed E-state index contributed by atoms with van der Waals surface area (Å²) in [6.07, 6.45) is -4.83. The normalized spacial score (nSPS) is 11.4. The van der Waals surface area contributed by atoms with Gasteiger partial charge in [-0.05, 0) is 31.9 Å². The van der Waals surface area contributed by atoms with Crippen LogP contribution in [0.25, 0.3) is 0 Å². The van der Waals surface area contributed by atoms with E-state index in [0.29, 0.717) is 5.69 Å². The molecule has 2 rings (SSSR count). The molecule has 0 aliphatic rings. The first-order chi connectivity index (χ1) is 10.7.